The number of benzene rings is 1. The molecule has 1 aromatic rings. The van der Waals surface area contributed by atoms with Crippen molar-refractivity contribution in [3.05, 3.63) is 23.8 Å². The van der Waals surface area contributed by atoms with Gasteiger partial charge in [-0.25, -0.2) is 4.90 Å². The van der Waals surface area contributed by atoms with Gasteiger partial charge in [-0.15, -0.1) is 0 Å². The largest absolute Gasteiger partial charge is 0.387 e. The second kappa shape index (κ2) is 12.7. The molecule has 43 heavy (non-hydrogen) atoms. The number of ether oxygens (including phenoxy) is 1. The molecule has 0 spiro atoms. The van der Waals surface area contributed by atoms with Crippen LogP contribution < -0.4 is 27.0 Å². The lowest BCUT2D eigenvalue weighted by atomic mass is 9.76. The standard InChI is InChI=1S/C32H54N8O3/c1-3-4-12-39-17-35-30(33)27-31(39)40(18-34-27)32-29(42)28(41)25(43-32)16-38(2)22-13-19(14-22)8-11-26-36-23-10-9-21(15-24(23)37-26)20-6-5-7-20/h9-10,15,19-20,22,25-32,34-37,41-42H,3-8,11-14,16-18,33H2,1-2H3/t19-,22+,25-,26?,27?,28-,29-,30?,31?,32-/m1/s1. The van der Waals surface area contributed by atoms with E-state index in [1.54, 1.807) is 0 Å². The summed E-state index contributed by atoms with van der Waals surface area (Å²) in [5.41, 5.74) is 10.4. The molecule has 11 heteroatoms. The molecule has 4 unspecified atom stereocenters. The van der Waals surface area contributed by atoms with Gasteiger partial charge in [-0.1, -0.05) is 25.8 Å². The second-order valence-corrected chi connectivity index (χ2v) is 14.2. The van der Waals surface area contributed by atoms with Gasteiger partial charge in [-0.2, -0.15) is 0 Å². The van der Waals surface area contributed by atoms with Crippen molar-refractivity contribution in [2.24, 2.45) is 11.7 Å². The van der Waals surface area contributed by atoms with Crippen LogP contribution in [0.15, 0.2) is 18.2 Å². The number of unbranched alkanes of at least 4 members (excludes halogenated alkanes) is 1. The zero-order valence-corrected chi connectivity index (χ0v) is 26.0. The van der Waals surface area contributed by atoms with Crippen LogP contribution in [0.3, 0.4) is 0 Å². The van der Waals surface area contributed by atoms with E-state index in [-0.39, 0.29) is 18.4 Å². The number of hydrogen-bond donors (Lipinski definition) is 7. The summed E-state index contributed by atoms with van der Waals surface area (Å²) in [7, 11) is 2.14. The summed E-state index contributed by atoms with van der Waals surface area (Å²) >= 11 is 0. The number of nitrogens with two attached hydrogens (primary N) is 1. The lowest BCUT2D eigenvalue weighted by Crippen LogP contribution is -2.69. The van der Waals surface area contributed by atoms with E-state index in [0.717, 1.165) is 37.6 Å². The smallest absolute Gasteiger partial charge is 0.142 e. The van der Waals surface area contributed by atoms with Gasteiger partial charge < -0.3 is 36.2 Å². The van der Waals surface area contributed by atoms with Gasteiger partial charge in [0.15, 0.2) is 0 Å². The Hall–Kier alpha value is -1.54. The Bertz CT molecular complexity index is 1100. The highest BCUT2D eigenvalue weighted by molar-refractivity contribution is 5.75. The van der Waals surface area contributed by atoms with Gasteiger partial charge in [0.2, 0.25) is 0 Å². The maximum absolute atomic E-state index is 11.1. The monoisotopic (exact) mass is 598 g/mol. The van der Waals surface area contributed by atoms with Crippen LogP contribution in [0.2, 0.25) is 0 Å². The Labute approximate surface area is 256 Å². The molecule has 11 nitrogen and oxygen atoms in total. The van der Waals surface area contributed by atoms with E-state index in [1.807, 2.05) is 0 Å². The lowest BCUT2D eigenvalue weighted by molar-refractivity contribution is -0.132. The van der Waals surface area contributed by atoms with Gasteiger partial charge in [0, 0.05) is 19.1 Å². The van der Waals surface area contributed by atoms with E-state index >= 15 is 0 Å². The van der Waals surface area contributed by atoms with Gasteiger partial charge in [-0.05, 0) is 81.5 Å². The Morgan fingerprint density at radius 3 is 2.63 bits per heavy atom. The minimum absolute atomic E-state index is 0.0277. The van der Waals surface area contributed by atoms with E-state index in [4.69, 9.17) is 10.5 Å². The molecule has 8 atom stereocenters. The predicted octanol–water partition coefficient (Wildman–Crippen LogP) is 1.56. The van der Waals surface area contributed by atoms with Crippen molar-refractivity contribution < 1.29 is 14.9 Å². The molecule has 5 fully saturated rings. The molecule has 0 radical (unpaired) electrons. The van der Waals surface area contributed by atoms with E-state index in [1.165, 1.54) is 55.5 Å². The molecular formula is C32H54N8O3. The second-order valence-electron chi connectivity index (χ2n) is 14.2. The Morgan fingerprint density at radius 1 is 1.05 bits per heavy atom. The van der Waals surface area contributed by atoms with Crippen molar-refractivity contribution in [1.29, 1.82) is 0 Å². The van der Waals surface area contributed by atoms with E-state index < -0.39 is 24.5 Å². The third-order valence-corrected chi connectivity index (χ3v) is 11.4. The molecule has 7 rings (SSSR count). The summed E-state index contributed by atoms with van der Waals surface area (Å²) in [6, 6.07) is 7.47. The summed E-state index contributed by atoms with van der Waals surface area (Å²) in [6.07, 6.45) is 8.28. The SMILES string of the molecule is CCCCN1CNC(N)C2NCN([C@@H]3O[C@H](CN(C)[C@H]4C[C@@H](CCC5Nc6ccc(C7CCC7)cc6N5)C4)[C@@H](O)[C@H]3O)C21. The van der Waals surface area contributed by atoms with Gasteiger partial charge in [0.1, 0.15) is 24.5 Å². The van der Waals surface area contributed by atoms with Crippen LogP contribution in [0.1, 0.15) is 76.2 Å². The molecule has 0 bridgehead atoms. The normalized spacial score (nSPS) is 39.7. The fourth-order valence-corrected chi connectivity index (χ4v) is 8.27. The van der Waals surface area contributed by atoms with Crippen LogP contribution in [0.5, 0.6) is 0 Å². The molecule has 0 amide bonds. The fraction of sp³-hybridized carbons (Fsp3) is 0.812. The fourth-order valence-electron chi connectivity index (χ4n) is 8.27. The number of hydrogen-bond acceptors (Lipinski definition) is 11. The predicted molar refractivity (Wildman–Crippen MR) is 168 cm³/mol. The third-order valence-electron chi connectivity index (χ3n) is 11.4. The van der Waals surface area contributed by atoms with Crippen molar-refractivity contribution in [2.75, 3.05) is 44.1 Å². The summed E-state index contributed by atoms with van der Waals surface area (Å²) < 4.78 is 6.44. The summed E-state index contributed by atoms with van der Waals surface area (Å²) in [6.45, 7) is 5.06. The van der Waals surface area contributed by atoms with Crippen LogP contribution in [-0.2, 0) is 4.74 Å². The third kappa shape index (κ3) is 5.93. The summed E-state index contributed by atoms with van der Waals surface area (Å²) in [4.78, 5) is 6.89. The highest BCUT2D eigenvalue weighted by Crippen LogP contribution is 2.41. The minimum atomic E-state index is -0.951. The molecule has 4 heterocycles. The Morgan fingerprint density at radius 2 is 1.86 bits per heavy atom. The summed E-state index contributed by atoms with van der Waals surface area (Å²) in [5.74, 6) is 1.49. The van der Waals surface area contributed by atoms with Gasteiger partial charge in [0.25, 0.3) is 0 Å². The van der Waals surface area contributed by atoms with E-state index in [0.29, 0.717) is 32.1 Å². The summed E-state index contributed by atoms with van der Waals surface area (Å²) in [5, 5.41) is 36.5. The molecule has 2 aliphatic carbocycles. The number of rotatable bonds is 11. The average molecular weight is 599 g/mol. The number of nitrogens with one attached hydrogen (secondary N) is 4. The molecule has 0 aromatic heterocycles. The zero-order chi connectivity index (χ0) is 29.7. The van der Waals surface area contributed by atoms with Crippen molar-refractivity contribution in [3.8, 4) is 0 Å². The Kier molecular flexibility index (Phi) is 8.89. The van der Waals surface area contributed by atoms with Crippen LogP contribution >= 0.6 is 0 Å². The number of fused-ring (bicyclic) bond motifs is 2. The topological polar surface area (TPSA) is 134 Å². The number of likely N-dealkylation sites (N-methyl/N-ethyl adjacent to an activating group) is 1. The first-order chi connectivity index (χ1) is 20.9. The first-order valence-corrected chi connectivity index (χ1v) is 17.0. The number of aliphatic hydroxyl groups excluding tert-OH is 2. The quantitative estimate of drug-likeness (QED) is 0.200. The molecule has 1 aromatic carbocycles. The highest BCUT2D eigenvalue weighted by Gasteiger charge is 2.53. The number of anilines is 2. The van der Waals surface area contributed by atoms with E-state index in [2.05, 4.69) is 68.1 Å². The van der Waals surface area contributed by atoms with Crippen molar-refractivity contribution in [1.82, 2.24) is 25.3 Å². The van der Waals surface area contributed by atoms with E-state index in [9.17, 15) is 10.2 Å². The maximum atomic E-state index is 11.1. The lowest BCUT2D eigenvalue weighted by Gasteiger charge is -2.45. The average Bonchev–Trinajstić information content (AvgIpc) is 3.63. The maximum Gasteiger partial charge on any atom is 0.142 e. The Balaban J connectivity index is 0.868. The minimum Gasteiger partial charge on any atom is -0.387 e. The van der Waals surface area contributed by atoms with Crippen molar-refractivity contribution in [2.45, 2.75) is 126 Å². The van der Waals surface area contributed by atoms with Crippen LogP contribution in [0.4, 0.5) is 11.4 Å². The van der Waals surface area contributed by atoms with Crippen molar-refractivity contribution >= 4 is 11.4 Å². The zero-order valence-electron chi connectivity index (χ0n) is 26.0. The molecule has 2 saturated carbocycles. The molecule has 8 N–H and O–H groups in total. The molecular weight excluding hydrogens is 544 g/mol. The first-order valence-electron chi connectivity index (χ1n) is 17.0. The molecule has 240 valence electrons. The van der Waals surface area contributed by atoms with Crippen LogP contribution in [0, 0.1) is 5.92 Å². The van der Waals surface area contributed by atoms with Crippen LogP contribution in [-0.4, -0.2) is 114 Å². The van der Waals surface area contributed by atoms with Crippen molar-refractivity contribution in [3.63, 3.8) is 0 Å². The van der Waals surface area contributed by atoms with Crippen LogP contribution in [0.25, 0.3) is 0 Å². The number of aliphatic hydroxyl groups is 2. The van der Waals surface area contributed by atoms with Gasteiger partial charge in [-0.3, -0.25) is 15.5 Å². The van der Waals surface area contributed by atoms with Gasteiger partial charge in [0.05, 0.1) is 49.3 Å². The molecule has 6 aliphatic rings. The molecule has 3 saturated heterocycles. The molecule has 4 aliphatic heterocycles. The number of nitrogens with zero attached hydrogens (tertiary/aromatic N) is 3. The highest BCUT2D eigenvalue weighted by atomic mass is 16.6. The first kappa shape index (κ1) is 30.1. The van der Waals surface area contributed by atoms with Gasteiger partial charge >= 0.3 is 0 Å².